The molecule has 0 N–H and O–H groups in total. The molecule has 0 aliphatic heterocycles. The van der Waals surface area contributed by atoms with Crippen molar-refractivity contribution in [1.29, 1.82) is 0 Å². The molecule has 0 aliphatic carbocycles. The Balaban J connectivity index is 2.97. The molecular formula is C11H16ClN. The maximum Gasteiger partial charge on any atom is 0.131 e. The predicted octanol–water partition coefficient (Wildman–Crippen LogP) is 3.80. The summed E-state index contributed by atoms with van der Waals surface area (Å²) in [6, 6.07) is 2.12. The Morgan fingerprint density at radius 3 is 2.38 bits per heavy atom. The first-order valence-electron chi connectivity index (χ1n) is 4.64. The SMILES string of the molecule is Cc1cc(C(C)C(C)C)cnc1Cl. The van der Waals surface area contributed by atoms with E-state index in [-0.39, 0.29) is 0 Å². The first-order valence-corrected chi connectivity index (χ1v) is 5.02. The van der Waals surface area contributed by atoms with Crippen molar-refractivity contribution < 1.29 is 0 Å². The number of hydrogen-bond donors (Lipinski definition) is 0. The van der Waals surface area contributed by atoms with Gasteiger partial charge in [-0.05, 0) is 29.9 Å². The lowest BCUT2D eigenvalue weighted by atomic mass is 9.91. The van der Waals surface area contributed by atoms with E-state index in [1.807, 2.05) is 13.1 Å². The van der Waals surface area contributed by atoms with E-state index in [9.17, 15) is 0 Å². The number of aromatic nitrogens is 1. The maximum absolute atomic E-state index is 5.85. The van der Waals surface area contributed by atoms with Gasteiger partial charge in [0.05, 0.1) is 0 Å². The van der Waals surface area contributed by atoms with Gasteiger partial charge in [-0.25, -0.2) is 4.98 Å². The number of pyridine rings is 1. The van der Waals surface area contributed by atoms with Gasteiger partial charge < -0.3 is 0 Å². The normalized spacial score (nSPS) is 13.4. The summed E-state index contributed by atoms with van der Waals surface area (Å²) in [7, 11) is 0. The van der Waals surface area contributed by atoms with Gasteiger partial charge in [-0.15, -0.1) is 0 Å². The van der Waals surface area contributed by atoms with Crippen molar-refractivity contribution in [2.75, 3.05) is 0 Å². The molecule has 1 rings (SSSR count). The van der Waals surface area contributed by atoms with E-state index in [1.54, 1.807) is 0 Å². The van der Waals surface area contributed by atoms with Gasteiger partial charge in [-0.3, -0.25) is 0 Å². The molecule has 1 atom stereocenters. The molecular weight excluding hydrogens is 182 g/mol. The van der Waals surface area contributed by atoms with E-state index < -0.39 is 0 Å². The van der Waals surface area contributed by atoms with Crippen LogP contribution in [0.4, 0.5) is 0 Å². The van der Waals surface area contributed by atoms with Gasteiger partial charge in [0.1, 0.15) is 5.15 Å². The molecule has 1 aromatic rings. The van der Waals surface area contributed by atoms with Gasteiger partial charge in [-0.2, -0.15) is 0 Å². The zero-order chi connectivity index (χ0) is 10.0. The minimum absolute atomic E-state index is 0.545. The van der Waals surface area contributed by atoms with E-state index in [4.69, 9.17) is 11.6 Å². The van der Waals surface area contributed by atoms with Gasteiger partial charge in [-0.1, -0.05) is 38.4 Å². The molecule has 0 bridgehead atoms. The molecule has 0 saturated heterocycles. The van der Waals surface area contributed by atoms with Crippen LogP contribution in [0.3, 0.4) is 0 Å². The monoisotopic (exact) mass is 197 g/mol. The van der Waals surface area contributed by atoms with Crippen molar-refractivity contribution in [3.05, 3.63) is 28.5 Å². The topological polar surface area (TPSA) is 12.9 Å². The average Bonchev–Trinajstić information content (AvgIpc) is 2.08. The van der Waals surface area contributed by atoms with Gasteiger partial charge >= 0.3 is 0 Å². The lowest BCUT2D eigenvalue weighted by Crippen LogP contribution is -2.03. The summed E-state index contributed by atoms with van der Waals surface area (Å²) < 4.78 is 0. The minimum atomic E-state index is 0.545. The summed E-state index contributed by atoms with van der Waals surface area (Å²) in [6.07, 6.45) is 1.88. The molecule has 72 valence electrons. The highest BCUT2D eigenvalue weighted by atomic mass is 35.5. The van der Waals surface area contributed by atoms with Crippen LogP contribution in [-0.2, 0) is 0 Å². The van der Waals surface area contributed by atoms with Gasteiger partial charge in [0.25, 0.3) is 0 Å². The molecule has 0 aromatic carbocycles. The quantitative estimate of drug-likeness (QED) is 0.658. The van der Waals surface area contributed by atoms with Crippen LogP contribution in [-0.4, -0.2) is 4.98 Å². The molecule has 0 saturated carbocycles. The third-order valence-corrected chi connectivity index (χ3v) is 2.96. The van der Waals surface area contributed by atoms with E-state index in [2.05, 4.69) is 31.8 Å². The second kappa shape index (κ2) is 4.10. The van der Waals surface area contributed by atoms with Crippen molar-refractivity contribution in [2.24, 2.45) is 5.92 Å². The molecule has 0 spiro atoms. The lowest BCUT2D eigenvalue weighted by Gasteiger charge is -2.16. The number of rotatable bonds is 2. The fourth-order valence-corrected chi connectivity index (χ4v) is 1.32. The molecule has 1 aromatic heterocycles. The summed E-state index contributed by atoms with van der Waals surface area (Å²) in [4.78, 5) is 4.15. The molecule has 0 aliphatic rings. The zero-order valence-corrected chi connectivity index (χ0v) is 9.39. The predicted molar refractivity (Wildman–Crippen MR) is 57.2 cm³/mol. The van der Waals surface area contributed by atoms with Crippen molar-refractivity contribution in [3.8, 4) is 0 Å². The van der Waals surface area contributed by atoms with Crippen LogP contribution in [0, 0.1) is 12.8 Å². The number of halogens is 1. The fourth-order valence-electron chi connectivity index (χ4n) is 1.21. The largest absolute Gasteiger partial charge is 0.244 e. The highest BCUT2D eigenvalue weighted by Crippen LogP contribution is 2.25. The lowest BCUT2D eigenvalue weighted by molar-refractivity contribution is 0.533. The Hall–Kier alpha value is -0.560. The Bertz CT molecular complexity index is 294. The van der Waals surface area contributed by atoms with Crippen molar-refractivity contribution >= 4 is 11.6 Å². The van der Waals surface area contributed by atoms with Gasteiger partial charge in [0.2, 0.25) is 0 Å². The molecule has 0 radical (unpaired) electrons. The van der Waals surface area contributed by atoms with Crippen molar-refractivity contribution in [2.45, 2.75) is 33.6 Å². The van der Waals surface area contributed by atoms with Crippen LogP contribution in [0.5, 0.6) is 0 Å². The summed E-state index contributed by atoms with van der Waals surface area (Å²) >= 11 is 5.85. The second-order valence-corrected chi connectivity index (χ2v) is 4.27. The summed E-state index contributed by atoms with van der Waals surface area (Å²) in [5.41, 5.74) is 2.34. The molecule has 13 heavy (non-hydrogen) atoms. The molecule has 1 heterocycles. The number of aryl methyl sites for hydroxylation is 1. The fraction of sp³-hybridized carbons (Fsp3) is 0.545. The molecule has 1 nitrogen and oxygen atoms in total. The standard InChI is InChI=1S/C11H16ClN/c1-7(2)9(4)10-5-8(3)11(12)13-6-10/h5-7,9H,1-4H3. The third kappa shape index (κ3) is 2.44. The Morgan fingerprint density at radius 1 is 1.31 bits per heavy atom. The zero-order valence-electron chi connectivity index (χ0n) is 8.63. The van der Waals surface area contributed by atoms with Crippen LogP contribution >= 0.6 is 11.6 Å². The molecule has 0 fully saturated rings. The molecule has 0 amide bonds. The van der Waals surface area contributed by atoms with Crippen LogP contribution in [0.25, 0.3) is 0 Å². The Morgan fingerprint density at radius 2 is 1.92 bits per heavy atom. The summed E-state index contributed by atoms with van der Waals surface area (Å²) in [6.45, 7) is 8.64. The highest BCUT2D eigenvalue weighted by molar-refractivity contribution is 6.30. The van der Waals surface area contributed by atoms with Crippen LogP contribution in [0.2, 0.25) is 5.15 Å². The second-order valence-electron chi connectivity index (χ2n) is 3.91. The van der Waals surface area contributed by atoms with Crippen molar-refractivity contribution in [3.63, 3.8) is 0 Å². The minimum Gasteiger partial charge on any atom is -0.244 e. The average molecular weight is 198 g/mol. The van der Waals surface area contributed by atoms with Crippen LogP contribution in [0.15, 0.2) is 12.3 Å². The summed E-state index contributed by atoms with van der Waals surface area (Å²) in [5.74, 6) is 1.19. The smallest absolute Gasteiger partial charge is 0.131 e. The maximum atomic E-state index is 5.85. The number of hydrogen-bond acceptors (Lipinski definition) is 1. The highest BCUT2D eigenvalue weighted by Gasteiger charge is 2.10. The van der Waals surface area contributed by atoms with Gasteiger partial charge in [0, 0.05) is 6.20 Å². The first kappa shape index (κ1) is 10.5. The third-order valence-electron chi connectivity index (χ3n) is 2.56. The number of nitrogens with zero attached hydrogens (tertiary/aromatic N) is 1. The van der Waals surface area contributed by atoms with Crippen LogP contribution < -0.4 is 0 Å². The van der Waals surface area contributed by atoms with E-state index in [0.29, 0.717) is 17.0 Å². The van der Waals surface area contributed by atoms with Crippen LogP contribution in [0.1, 0.15) is 37.8 Å². The van der Waals surface area contributed by atoms with E-state index >= 15 is 0 Å². The summed E-state index contributed by atoms with van der Waals surface area (Å²) in [5, 5.41) is 0.611. The van der Waals surface area contributed by atoms with E-state index in [1.165, 1.54) is 5.56 Å². The Kier molecular flexibility index (Phi) is 3.32. The molecule has 1 unspecified atom stereocenters. The molecule has 2 heteroatoms. The van der Waals surface area contributed by atoms with Crippen molar-refractivity contribution in [1.82, 2.24) is 4.98 Å². The van der Waals surface area contributed by atoms with E-state index in [0.717, 1.165) is 5.56 Å². The Labute approximate surface area is 85.1 Å². The first-order chi connectivity index (χ1) is 6.02. The van der Waals surface area contributed by atoms with Gasteiger partial charge in [0.15, 0.2) is 0 Å².